The number of nitrogens with one attached hydrogen (secondary N) is 1. The number of carbonyl (C=O) groups is 4. The number of amides is 1. The molecule has 27 heavy (non-hydrogen) atoms. The molecular weight excluding hydrogens is 362 g/mol. The zero-order chi connectivity index (χ0) is 20.1. The molecule has 0 aromatic carbocycles. The predicted molar refractivity (Wildman–Crippen MR) is 89.1 cm³/mol. The van der Waals surface area contributed by atoms with Crippen LogP contribution in [0.5, 0.6) is 0 Å². The Kier molecular flexibility index (Phi) is 4.44. The van der Waals surface area contributed by atoms with Gasteiger partial charge in [-0.3, -0.25) is 14.4 Å². The van der Waals surface area contributed by atoms with Crippen molar-refractivity contribution in [3.63, 3.8) is 0 Å². The molecule has 0 radical (unpaired) electrons. The van der Waals surface area contributed by atoms with Crippen LogP contribution >= 0.6 is 0 Å². The SMILES string of the molecule is CCC(=O)C1(NC(=O)C(=O)c2c(C)c(C(=O)O)c3n2CCC3)CC(F)(F)C1. The molecule has 1 aromatic rings. The minimum Gasteiger partial charge on any atom is -0.478 e. The van der Waals surface area contributed by atoms with Crippen molar-refractivity contribution < 1.29 is 33.1 Å². The highest BCUT2D eigenvalue weighted by Crippen LogP contribution is 2.46. The number of Topliss-reactive ketones (excluding diaryl/α,β-unsaturated/α-hetero) is 2. The summed E-state index contributed by atoms with van der Waals surface area (Å²) >= 11 is 0. The number of aromatic carboxylic acids is 1. The Labute approximate surface area is 153 Å². The van der Waals surface area contributed by atoms with Crippen molar-refractivity contribution in [1.29, 1.82) is 0 Å². The highest BCUT2D eigenvalue weighted by Gasteiger charge is 2.61. The van der Waals surface area contributed by atoms with Gasteiger partial charge in [0.2, 0.25) is 0 Å². The van der Waals surface area contributed by atoms with Gasteiger partial charge in [-0.05, 0) is 25.3 Å². The van der Waals surface area contributed by atoms with Crippen molar-refractivity contribution in [1.82, 2.24) is 9.88 Å². The van der Waals surface area contributed by atoms with Gasteiger partial charge in [-0.15, -0.1) is 0 Å². The van der Waals surface area contributed by atoms with Crippen molar-refractivity contribution in [2.45, 2.75) is 64.0 Å². The Balaban J connectivity index is 1.91. The van der Waals surface area contributed by atoms with Gasteiger partial charge >= 0.3 is 5.97 Å². The molecule has 7 nitrogen and oxygen atoms in total. The molecule has 0 bridgehead atoms. The van der Waals surface area contributed by atoms with E-state index in [1.807, 2.05) is 0 Å². The fourth-order valence-corrected chi connectivity index (χ4v) is 4.20. The second kappa shape index (κ2) is 6.24. The largest absolute Gasteiger partial charge is 0.478 e. The van der Waals surface area contributed by atoms with E-state index in [1.54, 1.807) is 0 Å². The number of alkyl halides is 2. The highest BCUT2D eigenvalue weighted by atomic mass is 19.3. The van der Waals surface area contributed by atoms with Gasteiger partial charge in [-0.2, -0.15) is 0 Å². The Bertz CT molecular complexity index is 864. The summed E-state index contributed by atoms with van der Waals surface area (Å²) in [5.74, 6) is -6.99. The average molecular weight is 382 g/mol. The maximum absolute atomic E-state index is 13.4. The number of aromatic nitrogens is 1. The summed E-state index contributed by atoms with van der Waals surface area (Å²) in [5, 5.41) is 11.6. The number of hydrogen-bond acceptors (Lipinski definition) is 4. The molecule has 2 aliphatic rings. The van der Waals surface area contributed by atoms with E-state index in [0.717, 1.165) is 0 Å². The Morgan fingerprint density at radius 2 is 1.85 bits per heavy atom. The van der Waals surface area contributed by atoms with Gasteiger partial charge in [0.1, 0.15) is 5.54 Å². The van der Waals surface area contributed by atoms with Crippen LogP contribution in [-0.4, -0.2) is 44.6 Å². The van der Waals surface area contributed by atoms with Crippen molar-refractivity contribution in [2.24, 2.45) is 0 Å². The monoisotopic (exact) mass is 382 g/mol. The van der Waals surface area contributed by atoms with Crippen LogP contribution in [0.4, 0.5) is 8.78 Å². The molecule has 1 amide bonds. The normalized spacial score (nSPS) is 19.1. The van der Waals surface area contributed by atoms with Gasteiger partial charge in [-0.1, -0.05) is 6.92 Å². The molecule has 1 aromatic heterocycles. The third-order valence-electron chi connectivity index (χ3n) is 5.37. The summed E-state index contributed by atoms with van der Waals surface area (Å²) in [4.78, 5) is 48.8. The topological polar surface area (TPSA) is 105 Å². The molecule has 3 rings (SSSR count). The smallest absolute Gasteiger partial charge is 0.337 e. The lowest BCUT2D eigenvalue weighted by Gasteiger charge is -2.46. The first kappa shape index (κ1) is 19.2. The second-order valence-corrected chi connectivity index (χ2v) is 7.21. The summed E-state index contributed by atoms with van der Waals surface area (Å²) in [5.41, 5.74) is -1.15. The third-order valence-corrected chi connectivity index (χ3v) is 5.37. The van der Waals surface area contributed by atoms with Gasteiger partial charge in [0.05, 0.1) is 11.3 Å². The highest BCUT2D eigenvalue weighted by molar-refractivity contribution is 6.43. The van der Waals surface area contributed by atoms with Crippen LogP contribution < -0.4 is 5.32 Å². The standard InChI is InChI=1S/C18H20F2N2O5/c1-3-11(23)17(7-18(19,20)8-17)21-15(25)14(24)13-9(2)12(16(26)27)10-5-4-6-22(10)13/h3-8H2,1-2H3,(H,21,25)(H,26,27). The maximum atomic E-state index is 13.4. The molecule has 146 valence electrons. The number of fused-ring (bicyclic) bond motifs is 1. The molecule has 1 fully saturated rings. The first-order valence-corrected chi connectivity index (χ1v) is 8.76. The minimum atomic E-state index is -3.07. The molecule has 1 aliphatic carbocycles. The summed E-state index contributed by atoms with van der Waals surface area (Å²) in [6.45, 7) is 3.34. The quantitative estimate of drug-likeness (QED) is 0.577. The Morgan fingerprint density at radius 3 is 2.37 bits per heavy atom. The lowest BCUT2D eigenvalue weighted by molar-refractivity contribution is -0.163. The van der Waals surface area contributed by atoms with E-state index in [2.05, 4.69) is 5.32 Å². The molecular formula is C18H20F2N2O5. The summed E-state index contributed by atoms with van der Waals surface area (Å²) in [7, 11) is 0. The molecule has 1 aliphatic heterocycles. The van der Waals surface area contributed by atoms with Gasteiger partial charge in [0, 0.05) is 31.5 Å². The lowest BCUT2D eigenvalue weighted by Crippen LogP contribution is -2.67. The number of nitrogens with zero attached hydrogens (tertiary/aromatic N) is 1. The number of rotatable bonds is 6. The zero-order valence-corrected chi connectivity index (χ0v) is 15.0. The van der Waals surface area contributed by atoms with Crippen LogP contribution in [0.2, 0.25) is 0 Å². The van der Waals surface area contributed by atoms with Crippen molar-refractivity contribution in [2.75, 3.05) is 0 Å². The van der Waals surface area contributed by atoms with Gasteiger partial charge < -0.3 is 15.0 Å². The van der Waals surface area contributed by atoms with E-state index in [0.29, 0.717) is 25.1 Å². The van der Waals surface area contributed by atoms with Gasteiger partial charge in [0.15, 0.2) is 5.78 Å². The van der Waals surface area contributed by atoms with Crippen molar-refractivity contribution >= 4 is 23.4 Å². The number of hydrogen-bond donors (Lipinski definition) is 2. The lowest BCUT2D eigenvalue weighted by atomic mass is 9.69. The van der Waals surface area contributed by atoms with Crippen LogP contribution in [0.3, 0.4) is 0 Å². The van der Waals surface area contributed by atoms with E-state index < -0.39 is 47.7 Å². The number of ketones is 2. The van der Waals surface area contributed by atoms with Crippen LogP contribution in [-0.2, 0) is 22.6 Å². The van der Waals surface area contributed by atoms with E-state index in [-0.39, 0.29) is 23.2 Å². The van der Waals surface area contributed by atoms with Crippen LogP contribution in [0.1, 0.15) is 64.7 Å². The molecule has 1 saturated carbocycles. The fraction of sp³-hybridized carbons (Fsp3) is 0.556. The number of carboxylic acids is 1. The summed E-state index contributed by atoms with van der Waals surface area (Å²) in [6, 6.07) is 0. The van der Waals surface area contributed by atoms with E-state index in [9.17, 15) is 33.1 Å². The molecule has 0 atom stereocenters. The Hall–Kier alpha value is -2.58. The fourth-order valence-electron chi connectivity index (χ4n) is 4.20. The molecule has 9 heteroatoms. The van der Waals surface area contributed by atoms with E-state index >= 15 is 0 Å². The second-order valence-electron chi connectivity index (χ2n) is 7.21. The van der Waals surface area contributed by atoms with Crippen molar-refractivity contribution in [3.05, 3.63) is 22.5 Å². The summed E-state index contributed by atoms with van der Waals surface area (Å²) in [6.07, 6.45) is -0.605. The van der Waals surface area contributed by atoms with Crippen LogP contribution in [0, 0.1) is 6.92 Å². The minimum absolute atomic E-state index is 0.00169. The summed E-state index contributed by atoms with van der Waals surface area (Å²) < 4.78 is 28.3. The first-order valence-electron chi connectivity index (χ1n) is 8.76. The van der Waals surface area contributed by atoms with E-state index in [1.165, 1.54) is 18.4 Å². The molecule has 0 spiro atoms. The number of carbonyl (C=O) groups excluding carboxylic acids is 3. The van der Waals surface area contributed by atoms with Crippen LogP contribution in [0.25, 0.3) is 0 Å². The molecule has 2 heterocycles. The molecule has 0 unspecified atom stereocenters. The molecule has 0 saturated heterocycles. The Morgan fingerprint density at radius 1 is 1.22 bits per heavy atom. The van der Waals surface area contributed by atoms with E-state index in [4.69, 9.17) is 0 Å². The number of carboxylic acid groups (broad SMARTS) is 1. The first-order chi connectivity index (χ1) is 12.5. The zero-order valence-electron chi connectivity index (χ0n) is 15.0. The maximum Gasteiger partial charge on any atom is 0.337 e. The van der Waals surface area contributed by atoms with Gasteiger partial charge in [0.25, 0.3) is 17.6 Å². The van der Waals surface area contributed by atoms with Crippen molar-refractivity contribution in [3.8, 4) is 0 Å². The molecule has 2 N–H and O–H groups in total. The third kappa shape index (κ3) is 2.94. The van der Waals surface area contributed by atoms with Gasteiger partial charge in [-0.25, -0.2) is 13.6 Å². The predicted octanol–water partition coefficient (Wildman–Crippen LogP) is 1.89. The number of halogens is 2. The average Bonchev–Trinajstić information content (AvgIpc) is 3.10. The van der Waals surface area contributed by atoms with Crippen LogP contribution in [0.15, 0.2) is 0 Å².